The highest BCUT2D eigenvalue weighted by molar-refractivity contribution is 5.90. The van der Waals surface area contributed by atoms with Gasteiger partial charge >= 0.3 is 59.3 Å². The van der Waals surface area contributed by atoms with Crippen LogP contribution in [0.3, 0.4) is 0 Å². The zero-order chi connectivity index (χ0) is 35.7. The third-order valence-electron chi connectivity index (χ3n) is 5.83. The second-order valence-corrected chi connectivity index (χ2v) is 9.03. The molecule has 0 saturated heterocycles. The fraction of sp³-hybridized carbons (Fsp3) is 0.682. The van der Waals surface area contributed by atoms with Crippen molar-refractivity contribution in [1.82, 2.24) is 0 Å². The summed E-state index contributed by atoms with van der Waals surface area (Å²) in [7, 11) is 0. The molecule has 1 aromatic rings. The second-order valence-electron chi connectivity index (χ2n) is 9.03. The fourth-order valence-corrected chi connectivity index (χ4v) is 3.15. The highest BCUT2D eigenvalue weighted by Gasteiger charge is 2.95. The number of carbonyl (C=O) groups excluding carboxylic acids is 1. The van der Waals surface area contributed by atoms with E-state index in [-0.39, 0.29) is 6.61 Å². The van der Waals surface area contributed by atoms with E-state index in [0.717, 1.165) is 0 Å². The summed E-state index contributed by atoms with van der Waals surface area (Å²) in [5, 5.41) is 11.2. The van der Waals surface area contributed by atoms with Gasteiger partial charge in [0.15, 0.2) is 5.75 Å². The van der Waals surface area contributed by atoms with Gasteiger partial charge in [0.05, 0.1) is 30.1 Å². The van der Waals surface area contributed by atoms with Crippen LogP contribution < -0.4 is 4.74 Å². The smallest absolute Gasteiger partial charge is 0.460 e. The molecule has 23 heteroatoms. The number of alkyl halides is 17. The van der Waals surface area contributed by atoms with Gasteiger partial charge in [-0.1, -0.05) is 19.8 Å². The largest absolute Gasteiger partial charge is 0.487 e. The maximum atomic E-state index is 14.0. The molecular weight excluding hydrogens is 681 g/mol. The van der Waals surface area contributed by atoms with E-state index in [1.807, 2.05) is 0 Å². The van der Waals surface area contributed by atoms with E-state index in [4.69, 9.17) is 4.74 Å². The highest BCUT2D eigenvalue weighted by Crippen LogP contribution is 2.64. The fourth-order valence-electron chi connectivity index (χ4n) is 3.15. The second kappa shape index (κ2) is 12.8. The van der Waals surface area contributed by atoms with Crippen molar-refractivity contribution >= 4 is 11.7 Å². The lowest BCUT2D eigenvalue weighted by atomic mass is 9.88. The van der Waals surface area contributed by atoms with Crippen LogP contribution in [-0.2, 0) is 4.74 Å². The summed E-state index contributed by atoms with van der Waals surface area (Å²) >= 11 is 0. The van der Waals surface area contributed by atoms with E-state index in [9.17, 15) is 89.5 Å². The molecule has 0 saturated carbocycles. The molecule has 0 heterocycles. The van der Waals surface area contributed by atoms with Gasteiger partial charge in [-0.25, -0.2) is 4.79 Å². The molecule has 0 N–H and O–H groups in total. The van der Waals surface area contributed by atoms with Crippen LogP contribution in [0.1, 0.15) is 43.0 Å². The molecule has 0 unspecified atom stereocenters. The number of benzene rings is 1. The average Bonchev–Trinajstić information content (AvgIpc) is 2.89. The van der Waals surface area contributed by atoms with Crippen molar-refractivity contribution < 1.29 is 93.8 Å². The van der Waals surface area contributed by atoms with Gasteiger partial charge in [-0.05, 0) is 18.6 Å². The molecule has 260 valence electrons. The van der Waals surface area contributed by atoms with E-state index in [2.05, 4.69) is 4.74 Å². The third-order valence-corrected chi connectivity index (χ3v) is 5.83. The minimum atomic E-state index is -8.75. The van der Waals surface area contributed by atoms with Gasteiger partial charge in [0.25, 0.3) is 0 Å². The van der Waals surface area contributed by atoms with E-state index in [1.54, 1.807) is 6.92 Å². The van der Waals surface area contributed by atoms with Crippen molar-refractivity contribution in [1.29, 1.82) is 0 Å². The summed E-state index contributed by atoms with van der Waals surface area (Å²) in [6.07, 6.45) is -9.09. The summed E-state index contributed by atoms with van der Waals surface area (Å²) in [5.41, 5.74) is -1.81. The van der Waals surface area contributed by atoms with Crippen LogP contribution in [0, 0.1) is 10.1 Å². The highest BCUT2D eigenvalue weighted by atomic mass is 19.4. The minimum Gasteiger partial charge on any atom is -0.487 e. The SMILES string of the molecule is CCCCCOC(=O)c1ccc(OCCC(F)(F)C(F)(F)C(F)(F)C(F)(F)C(F)(F)C(F)(F)C(F)(F)C(F)(F)F)c([N+](=O)[O-])c1. The Labute approximate surface area is 239 Å². The number of nitro groups is 1. The molecule has 0 spiro atoms. The number of carbonyl (C=O) groups is 1. The maximum Gasteiger partial charge on any atom is 0.460 e. The molecule has 0 aliphatic rings. The first kappa shape index (κ1) is 39.7. The number of hydrogen-bond donors (Lipinski definition) is 0. The van der Waals surface area contributed by atoms with Crippen LogP contribution in [0.5, 0.6) is 5.75 Å². The topological polar surface area (TPSA) is 78.7 Å². The Morgan fingerprint density at radius 1 is 0.711 bits per heavy atom. The monoisotopic (exact) mass is 699 g/mol. The number of nitrogens with zero attached hydrogens (tertiary/aromatic N) is 1. The van der Waals surface area contributed by atoms with Crippen molar-refractivity contribution in [3.8, 4) is 5.75 Å². The summed E-state index contributed by atoms with van der Waals surface area (Å²) in [5.74, 6) is -59.7. The molecule has 6 nitrogen and oxygen atoms in total. The molecule has 0 radical (unpaired) electrons. The van der Waals surface area contributed by atoms with Crippen LogP contribution in [0.4, 0.5) is 80.3 Å². The van der Waals surface area contributed by atoms with E-state index in [0.29, 0.717) is 37.5 Å². The maximum absolute atomic E-state index is 14.0. The average molecular weight is 699 g/mol. The predicted octanol–water partition coefficient (Wildman–Crippen LogP) is 8.72. The van der Waals surface area contributed by atoms with Crippen LogP contribution in [-0.4, -0.2) is 71.7 Å². The zero-order valence-electron chi connectivity index (χ0n) is 21.9. The first-order valence-corrected chi connectivity index (χ1v) is 11.8. The van der Waals surface area contributed by atoms with Gasteiger partial charge < -0.3 is 9.47 Å². The van der Waals surface area contributed by atoms with Crippen molar-refractivity contribution in [2.24, 2.45) is 0 Å². The Bertz CT molecular complexity index is 1220. The Balaban J connectivity index is 3.29. The number of rotatable bonds is 16. The van der Waals surface area contributed by atoms with Gasteiger partial charge in [-0.2, -0.15) is 74.6 Å². The zero-order valence-corrected chi connectivity index (χ0v) is 21.9. The van der Waals surface area contributed by atoms with Gasteiger partial charge in [0, 0.05) is 6.07 Å². The summed E-state index contributed by atoms with van der Waals surface area (Å²) < 4.78 is 236. The molecule has 1 aromatic carbocycles. The van der Waals surface area contributed by atoms with E-state index >= 15 is 0 Å². The number of ether oxygens (including phenoxy) is 2. The molecule has 0 amide bonds. The Kier molecular flexibility index (Phi) is 11.3. The van der Waals surface area contributed by atoms with Crippen molar-refractivity contribution in [3.63, 3.8) is 0 Å². The molecule has 0 atom stereocenters. The molecule has 0 aliphatic heterocycles. The van der Waals surface area contributed by atoms with Crippen molar-refractivity contribution in [3.05, 3.63) is 33.9 Å². The molecule has 0 bridgehead atoms. The molecule has 0 aromatic heterocycles. The Hall–Kier alpha value is -3.30. The van der Waals surface area contributed by atoms with Crippen LogP contribution >= 0.6 is 0 Å². The first-order chi connectivity index (χ1) is 20.0. The first-order valence-electron chi connectivity index (χ1n) is 11.8. The molecule has 1 rings (SSSR count). The molecular formula is C22H18F17NO5. The lowest BCUT2D eigenvalue weighted by molar-refractivity contribution is -0.461. The number of hydrogen-bond acceptors (Lipinski definition) is 5. The Morgan fingerprint density at radius 2 is 1.18 bits per heavy atom. The molecule has 0 aliphatic carbocycles. The van der Waals surface area contributed by atoms with Crippen LogP contribution in [0.15, 0.2) is 18.2 Å². The number of unbranched alkanes of at least 4 members (excludes halogenated alkanes) is 2. The van der Waals surface area contributed by atoms with Gasteiger partial charge in [-0.15, -0.1) is 0 Å². The number of halogens is 17. The molecule has 0 fully saturated rings. The van der Waals surface area contributed by atoms with Crippen molar-refractivity contribution in [2.45, 2.75) is 80.2 Å². The summed E-state index contributed by atoms with van der Waals surface area (Å²) in [6.45, 7) is -0.432. The van der Waals surface area contributed by atoms with Gasteiger partial charge in [0.1, 0.15) is 0 Å². The van der Waals surface area contributed by atoms with Crippen molar-refractivity contribution in [2.75, 3.05) is 13.2 Å². The lowest BCUT2D eigenvalue weighted by Gasteiger charge is -2.42. The Morgan fingerprint density at radius 3 is 1.62 bits per heavy atom. The van der Waals surface area contributed by atoms with Gasteiger partial charge in [-0.3, -0.25) is 10.1 Å². The molecule has 45 heavy (non-hydrogen) atoms. The number of esters is 1. The standard InChI is InChI=1S/C22H18F17NO5/c1-2-3-4-8-45-14(41)11-5-6-13(12(10-11)40(42)43)44-9-7-15(23,24)16(25,26)17(27,28)18(29,30)19(31,32)20(33,34)21(35,36)22(37,38)39/h5-6,10H,2-4,7-9H2,1H3. The van der Waals surface area contributed by atoms with E-state index < -0.39 is 88.6 Å². The van der Waals surface area contributed by atoms with Gasteiger partial charge in [0.2, 0.25) is 0 Å². The minimum absolute atomic E-state index is 0.139. The normalized spacial score (nSPS) is 14.4. The quantitative estimate of drug-likeness (QED) is 0.0567. The predicted molar refractivity (Wildman–Crippen MR) is 114 cm³/mol. The summed E-state index contributed by atoms with van der Waals surface area (Å²) in [4.78, 5) is 21.9. The number of nitro benzene ring substituents is 1. The van der Waals surface area contributed by atoms with Crippen LogP contribution in [0.25, 0.3) is 0 Å². The summed E-state index contributed by atoms with van der Waals surface area (Å²) in [6, 6.07) is 1.59. The third kappa shape index (κ3) is 6.94. The van der Waals surface area contributed by atoms with Crippen LogP contribution in [0.2, 0.25) is 0 Å². The van der Waals surface area contributed by atoms with E-state index in [1.165, 1.54) is 0 Å². The lowest BCUT2D eigenvalue weighted by Crippen LogP contribution is -2.74.